The third kappa shape index (κ3) is 2.19. The van der Waals surface area contributed by atoms with Gasteiger partial charge in [-0.3, -0.25) is 9.69 Å². The Morgan fingerprint density at radius 2 is 2.00 bits per heavy atom. The summed E-state index contributed by atoms with van der Waals surface area (Å²) in [6.45, 7) is 1.23. The molecular weight excluding hydrogens is 219 g/mol. The molecule has 4 nitrogen and oxygen atoms in total. The first-order valence-electron chi connectivity index (χ1n) is 3.47. The van der Waals surface area contributed by atoms with Gasteiger partial charge in [0.1, 0.15) is 0 Å². The van der Waals surface area contributed by atoms with Gasteiger partial charge in [0, 0.05) is 14.0 Å². The molecule has 0 N–H and O–H groups in total. The van der Waals surface area contributed by atoms with Crippen molar-refractivity contribution in [3.8, 4) is 0 Å². The third-order valence-electron chi connectivity index (χ3n) is 1.42. The van der Waals surface area contributed by atoms with E-state index in [-0.39, 0.29) is 5.13 Å². The molecule has 1 aromatic heterocycles. The highest BCUT2D eigenvalue weighted by molar-refractivity contribution is 7.15. The Kier molecular flexibility index (Phi) is 2.74. The van der Waals surface area contributed by atoms with Gasteiger partial charge in [0.2, 0.25) is 16.0 Å². The van der Waals surface area contributed by atoms with Crippen LogP contribution < -0.4 is 4.90 Å². The zero-order chi connectivity index (χ0) is 10.9. The molecule has 0 aliphatic heterocycles. The van der Waals surface area contributed by atoms with Crippen LogP contribution in [0.2, 0.25) is 0 Å². The largest absolute Gasteiger partial charge is 0.445 e. The highest BCUT2D eigenvalue weighted by Crippen LogP contribution is 2.33. The smallest absolute Gasteiger partial charge is 0.290 e. The van der Waals surface area contributed by atoms with Gasteiger partial charge in [-0.15, -0.1) is 10.2 Å². The van der Waals surface area contributed by atoms with Crippen molar-refractivity contribution in [2.24, 2.45) is 0 Å². The molecule has 0 bridgehead atoms. The number of alkyl halides is 3. The van der Waals surface area contributed by atoms with Crippen molar-refractivity contribution in [1.82, 2.24) is 10.2 Å². The Bertz CT molecular complexity index is 348. The van der Waals surface area contributed by atoms with Gasteiger partial charge in [0.05, 0.1) is 0 Å². The highest BCUT2D eigenvalue weighted by Gasteiger charge is 2.36. The van der Waals surface area contributed by atoms with Crippen LogP contribution in [0.3, 0.4) is 0 Å². The molecule has 0 fully saturated rings. The van der Waals surface area contributed by atoms with Crippen molar-refractivity contribution < 1.29 is 18.0 Å². The molecule has 0 radical (unpaired) electrons. The summed E-state index contributed by atoms with van der Waals surface area (Å²) < 4.78 is 36.2. The number of carbonyl (C=O) groups is 1. The average molecular weight is 225 g/mol. The van der Waals surface area contributed by atoms with Crippen molar-refractivity contribution in [1.29, 1.82) is 0 Å². The van der Waals surface area contributed by atoms with Gasteiger partial charge < -0.3 is 0 Å². The second kappa shape index (κ2) is 3.52. The summed E-state index contributed by atoms with van der Waals surface area (Å²) >= 11 is 0.334. The molecular formula is C6H6F3N3OS. The van der Waals surface area contributed by atoms with E-state index >= 15 is 0 Å². The fourth-order valence-corrected chi connectivity index (χ4v) is 1.32. The standard InChI is InChI=1S/C6H6F3N3OS/c1-3(13)12(2)5-11-10-4(14-5)6(7,8)9/h1-2H3. The minimum Gasteiger partial charge on any atom is -0.290 e. The maximum atomic E-state index is 12.1. The van der Waals surface area contributed by atoms with Gasteiger partial charge in [-0.05, 0) is 0 Å². The van der Waals surface area contributed by atoms with E-state index in [1.54, 1.807) is 0 Å². The highest BCUT2D eigenvalue weighted by atomic mass is 32.1. The quantitative estimate of drug-likeness (QED) is 0.728. The lowest BCUT2D eigenvalue weighted by Crippen LogP contribution is -2.22. The molecule has 1 aromatic rings. The Hall–Kier alpha value is -1.18. The molecule has 14 heavy (non-hydrogen) atoms. The van der Waals surface area contributed by atoms with Gasteiger partial charge in [-0.25, -0.2) is 0 Å². The number of aromatic nitrogens is 2. The molecule has 1 heterocycles. The average Bonchev–Trinajstić information content (AvgIpc) is 2.49. The summed E-state index contributed by atoms with van der Waals surface area (Å²) in [4.78, 5) is 11.8. The molecule has 0 saturated heterocycles. The normalized spacial score (nSPS) is 11.5. The summed E-state index contributed by atoms with van der Waals surface area (Å²) in [5.41, 5.74) is 0. The van der Waals surface area contributed by atoms with E-state index in [9.17, 15) is 18.0 Å². The van der Waals surface area contributed by atoms with Gasteiger partial charge in [-0.1, -0.05) is 11.3 Å². The number of rotatable bonds is 1. The van der Waals surface area contributed by atoms with E-state index in [1.807, 2.05) is 0 Å². The van der Waals surface area contributed by atoms with E-state index in [2.05, 4.69) is 10.2 Å². The first kappa shape index (κ1) is 10.9. The topological polar surface area (TPSA) is 46.1 Å². The van der Waals surface area contributed by atoms with Crippen LogP contribution in [-0.4, -0.2) is 23.2 Å². The van der Waals surface area contributed by atoms with Gasteiger partial charge in [-0.2, -0.15) is 13.2 Å². The maximum Gasteiger partial charge on any atom is 0.445 e. The monoisotopic (exact) mass is 225 g/mol. The van der Waals surface area contributed by atoms with E-state index in [4.69, 9.17) is 0 Å². The van der Waals surface area contributed by atoms with Crippen molar-refractivity contribution in [3.05, 3.63) is 5.01 Å². The van der Waals surface area contributed by atoms with Crippen LogP contribution in [0.1, 0.15) is 11.9 Å². The predicted molar refractivity (Wildman–Crippen MR) is 44.0 cm³/mol. The lowest BCUT2D eigenvalue weighted by atomic mass is 10.6. The first-order valence-corrected chi connectivity index (χ1v) is 4.29. The fraction of sp³-hybridized carbons (Fsp3) is 0.500. The molecule has 0 saturated carbocycles. The summed E-state index contributed by atoms with van der Waals surface area (Å²) in [6.07, 6.45) is -4.51. The minimum absolute atomic E-state index is 0.0650. The molecule has 0 aromatic carbocycles. The Balaban J connectivity index is 2.94. The molecule has 0 atom stereocenters. The van der Waals surface area contributed by atoms with Crippen molar-refractivity contribution in [2.75, 3.05) is 11.9 Å². The molecule has 8 heteroatoms. The second-order valence-corrected chi connectivity index (χ2v) is 3.42. The van der Waals surface area contributed by atoms with Crippen molar-refractivity contribution >= 4 is 22.4 Å². The lowest BCUT2D eigenvalue weighted by molar-refractivity contribution is -0.138. The van der Waals surface area contributed by atoms with Crippen molar-refractivity contribution in [2.45, 2.75) is 13.1 Å². The van der Waals surface area contributed by atoms with Crippen LogP contribution in [0.25, 0.3) is 0 Å². The Morgan fingerprint density at radius 3 is 2.36 bits per heavy atom. The number of anilines is 1. The first-order chi connectivity index (χ1) is 6.32. The van der Waals surface area contributed by atoms with E-state index in [0.29, 0.717) is 11.3 Å². The number of hydrogen-bond acceptors (Lipinski definition) is 4. The van der Waals surface area contributed by atoms with Crippen LogP contribution in [0.5, 0.6) is 0 Å². The molecule has 1 amide bonds. The van der Waals surface area contributed by atoms with Crippen LogP contribution in [-0.2, 0) is 11.0 Å². The van der Waals surface area contributed by atoms with E-state index < -0.39 is 17.1 Å². The predicted octanol–water partition coefficient (Wildman–Crippen LogP) is 1.54. The van der Waals surface area contributed by atoms with Crippen LogP contribution in [0.15, 0.2) is 0 Å². The molecule has 78 valence electrons. The van der Waals surface area contributed by atoms with Crippen molar-refractivity contribution in [3.63, 3.8) is 0 Å². The summed E-state index contributed by atoms with van der Waals surface area (Å²) in [7, 11) is 1.34. The molecule has 0 aliphatic rings. The number of amides is 1. The van der Waals surface area contributed by atoms with E-state index in [1.165, 1.54) is 14.0 Å². The third-order valence-corrected chi connectivity index (χ3v) is 2.46. The van der Waals surface area contributed by atoms with Gasteiger partial charge in [0.25, 0.3) is 0 Å². The van der Waals surface area contributed by atoms with Gasteiger partial charge in [0.15, 0.2) is 0 Å². The summed E-state index contributed by atoms with van der Waals surface area (Å²) in [5, 5.41) is 5.08. The zero-order valence-electron chi connectivity index (χ0n) is 7.29. The Morgan fingerprint density at radius 1 is 1.43 bits per heavy atom. The number of hydrogen-bond donors (Lipinski definition) is 0. The number of carbonyl (C=O) groups excluding carboxylic acids is 1. The molecule has 1 rings (SSSR count). The lowest BCUT2D eigenvalue weighted by Gasteiger charge is -2.08. The maximum absolute atomic E-state index is 12.1. The zero-order valence-corrected chi connectivity index (χ0v) is 8.11. The molecule has 0 aliphatic carbocycles. The van der Waals surface area contributed by atoms with Crippen LogP contribution in [0, 0.1) is 0 Å². The minimum atomic E-state index is -4.51. The van der Waals surface area contributed by atoms with Gasteiger partial charge >= 0.3 is 6.18 Å². The number of nitrogens with zero attached hydrogens (tertiary/aromatic N) is 3. The van der Waals surface area contributed by atoms with E-state index in [0.717, 1.165) is 4.90 Å². The SMILES string of the molecule is CC(=O)N(C)c1nnc(C(F)(F)F)s1. The second-order valence-electron chi connectivity index (χ2n) is 2.47. The summed E-state index contributed by atoms with van der Waals surface area (Å²) in [5.74, 6) is -0.394. The van der Waals surface area contributed by atoms with Crippen LogP contribution in [0.4, 0.5) is 18.3 Å². The molecule has 0 spiro atoms. The summed E-state index contributed by atoms with van der Waals surface area (Å²) in [6, 6.07) is 0. The fourth-order valence-electron chi connectivity index (χ4n) is 0.600. The molecule has 0 unspecified atom stereocenters. The Labute approximate surface area is 81.4 Å². The van der Waals surface area contributed by atoms with Crippen LogP contribution >= 0.6 is 11.3 Å². The number of halogens is 3.